The van der Waals surface area contributed by atoms with Gasteiger partial charge in [-0.3, -0.25) is 9.10 Å². The van der Waals surface area contributed by atoms with E-state index >= 15 is 0 Å². The monoisotopic (exact) mass is 408 g/mol. The Hall–Kier alpha value is -2.61. The normalized spacial score (nSPS) is 11.2. The van der Waals surface area contributed by atoms with Gasteiger partial charge in [0.15, 0.2) is 0 Å². The lowest BCUT2D eigenvalue weighted by Gasteiger charge is -2.24. The first-order valence-corrected chi connectivity index (χ1v) is 10.8. The summed E-state index contributed by atoms with van der Waals surface area (Å²) in [6.07, 6.45) is 1.08. The molecule has 2 rings (SSSR count). The summed E-state index contributed by atoms with van der Waals surface area (Å²) in [4.78, 5) is 14.3. The lowest BCUT2D eigenvalue weighted by atomic mass is 10.1. The number of halogens is 1. The van der Waals surface area contributed by atoms with Gasteiger partial charge in [0, 0.05) is 24.2 Å². The lowest BCUT2D eigenvalue weighted by molar-refractivity contribution is 0.0773. The smallest absolute Gasteiger partial charge is 0.253 e. The van der Waals surface area contributed by atoms with Crippen molar-refractivity contribution in [2.75, 3.05) is 30.8 Å². The minimum atomic E-state index is -3.65. The average Bonchev–Trinajstić information content (AvgIpc) is 2.66. The highest BCUT2D eigenvalue weighted by atomic mass is 32.2. The molecular weight excluding hydrogens is 383 g/mol. The zero-order chi connectivity index (χ0) is 20.9. The number of anilines is 1. The Balaban J connectivity index is 2.47. The topological polar surface area (TPSA) is 66.9 Å². The summed E-state index contributed by atoms with van der Waals surface area (Å²) in [7, 11) is -2.17. The molecule has 0 aromatic heterocycles. The first-order chi connectivity index (χ1) is 13.2. The van der Waals surface area contributed by atoms with Gasteiger partial charge >= 0.3 is 0 Å². The summed E-state index contributed by atoms with van der Waals surface area (Å²) < 4.78 is 44.5. The van der Waals surface area contributed by atoms with Gasteiger partial charge in [0.2, 0.25) is 10.0 Å². The highest BCUT2D eigenvalue weighted by Gasteiger charge is 2.21. The Bertz CT molecular complexity index is 926. The third kappa shape index (κ3) is 5.01. The summed E-state index contributed by atoms with van der Waals surface area (Å²) in [5.74, 6) is -0.130. The maximum Gasteiger partial charge on any atom is 0.253 e. The molecule has 8 heteroatoms. The van der Waals surface area contributed by atoms with Crippen molar-refractivity contribution >= 4 is 21.6 Å². The van der Waals surface area contributed by atoms with E-state index in [0.29, 0.717) is 35.7 Å². The first-order valence-electron chi connectivity index (χ1n) is 8.90. The van der Waals surface area contributed by atoms with Crippen LogP contribution in [0.1, 0.15) is 29.8 Å². The molecule has 0 saturated heterocycles. The van der Waals surface area contributed by atoms with E-state index in [1.165, 1.54) is 31.4 Å². The number of hydrogen-bond donors (Lipinski definition) is 0. The molecule has 2 aromatic rings. The molecule has 0 fully saturated rings. The fourth-order valence-corrected chi connectivity index (χ4v) is 3.77. The van der Waals surface area contributed by atoms with Crippen LogP contribution in [-0.2, 0) is 16.6 Å². The second-order valence-corrected chi connectivity index (χ2v) is 8.16. The van der Waals surface area contributed by atoms with Crippen LogP contribution in [0, 0.1) is 5.82 Å². The molecule has 0 bridgehead atoms. The second-order valence-electron chi connectivity index (χ2n) is 6.25. The van der Waals surface area contributed by atoms with Gasteiger partial charge in [-0.05, 0) is 56.3 Å². The van der Waals surface area contributed by atoms with Gasteiger partial charge in [-0.1, -0.05) is 0 Å². The van der Waals surface area contributed by atoms with Crippen LogP contribution in [0.2, 0.25) is 0 Å². The quantitative estimate of drug-likeness (QED) is 0.672. The fourth-order valence-electron chi connectivity index (χ4n) is 2.89. The minimum absolute atomic E-state index is 0.0486. The fraction of sp³-hybridized carbons (Fsp3) is 0.350. The Labute approximate surface area is 165 Å². The van der Waals surface area contributed by atoms with Crippen LogP contribution < -0.4 is 9.04 Å². The van der Waals surface area contributed by atoms with Crippen molar-refractivity contribution in [1.82, 2.24) is 4.90 Å². The molecule has 0 radical (unpaired) electrons. The summed E-state index contributed by atoms with van der Waals surface area (Å²) in [5, 5.41) is 0. The van der Waals surface area contributed by atoms with Crippen LogP contribution >= 0.6 is 0 Å². The van der Waals surface area contributed by atoms with Crippen molar-refractivity contribution < 1.29 is 22.3 Å². The predicted octanol–water partition coefficient (Wildman–Crippen LogP) is 3.28. The van der Waals surface area contributed by atoms with Crippen LogP contribution in [0.5, 0.6) is 5.75 Å². The van der Waals surface area contributed by atoms with Gasteiger partial charge in [0.1, 0.15) is 11.6 Å². The van der Waals surface area contributed by atoms with E-state index in [1.54, 1.807) is 23.1 Å². The first kappa shape index (κ1) is 21.7. The zero-order valence-electron chi connectivity index (χ0n) is 16.5. The van der Waals surface area contributed by atoms with E-state index in [4.69, 9.17) is 4.74 Å². The van der Waals surface area contributed by atoms with Crippen molar-refractivity contribution in [3.63, 3.8) is 0 Å². The van der Waals surface area contributed by atoms with Crippen LogP contribution in [-0.4, -0.2) is 45.7 Å². The zero-order valence-corrected chi connectivity index (χ0v) is 17.3. The van der Waals surface area contributed by atoms with Gasteiger partial charge < -0.3 is 9.64 Å². The molecule has 0 aliphatic carbocycles. The van der Waals surface area contributed by atoms with E-state index in [-0.39, 0.29) is 12.5 Å². The SMILES string of the molecule is CCN(CC)C(=O)c1ccc(OC)c(CN(c2ccc(F)cc2)S(C)(=O)=O)c1. The van der Waals surface area contributed by atoms with Crippen LogP contribution in [0.25, 0.3) is 0 Å². The standard InChI is InChI=1S/C20H25FN2O4S/c1-5-22(6-2)20(24)15-7-12-19(27-3)16(13-15)14-23(28(4,25)26)18-10-8-17(21)9-11-18/h7-13H,5-6,14H2,1-4H3. The Morgan fingerprint density at radius 1 is 1.07 bits per heavy atom. The Morgan fingerprint density at radius 2 is 1.68 bits per heavy atom. The molecule has 0 spiro atoms. The molecule has 0 atom stereocenters. The highest BCUT2D eigenvalue weighted by Crippen LogP contribution is 2.27. The van der Waals surface area contributed by atoms with E-state index < -0.39 is 15.8 Å². The van der Waals surface area contributed by atoms with Crippen molar-refractivity contribution in [2.45, 2.75) is 20.4 Å². The number of ether oxygens (including phenoxy) is 1. The summed E-state index contributed by atoms with van der Waals surface area (Å²) in [6, 6.07) is 10.1. The number of rotatable bonds is 8. The molecule has 0 N–H and O–H groups in total. The Kier molecular flexibility index (Phi) is 7.01. The number of hydrogen-bond acceptors (Lipinski definition) is 4. The van der Waals surface area contributed by atoms with E-state index in [1.807, 2.05) is 13.8 Å². The largest absolute Gasteiger partial charge is 0.496 e. The molecule has 1 amide bonds. The number of carbonyl (C=O) groups excluding carboxylic acids is 1. The van der Waals surface area contributed by atoms with E-state index in [2.05, 4.69) is 0 Å². The molecule has 0 aliphatic rings. The van der Waals surface area contributed by atoms with Crippen molar-refractivity contribution in [2.24, 2.45) is 0 Å². The van der Waals surface area contributed by atoms with Gasteiger partial charge in [0.05, 0.1) is 25.6 Å². The molecule has 0 saturated carbocycles. The number of nitrogens with zero attached hydrogens (tertiary/aromatic N) is 2. The van der Waals surface area contributed by atoms with Crippen LogP contribution in [0.3, 0.4) is 0 Å². The van der Waals surface area contributed by atoms with E-state index in [9.17, 15) is 17.6 Å². The average molecular weight is 408 g/mol. The molecule has 0 unspecified atom stereocenters. The third-order valence-corrected chi connectivity index (χ3v) is 5.55. The number of benzene rings is 2. The molecule has 28 heavy (non-hydrogen) atoms. The van der Waals surface area contributed by atoms with Gasteiger partial charge in [-0.25, -0.2) is 12.8 Å². The molecule has 0 heterocycles. The van der Waals surface area contributed by atoms with E-state index in [0.717, 1.165) is 10.6 Å². The number of carbonyl (C=O) groups is 1. The highest BCUT2D eigenvalue weighted by molar-refractivity contribution is 7.92. The minimum Gasteiger partial charge on any atom is -0.496 e. The molecular formula is C20H25FN2O4S. The summed E-state index contributed by atoms with van der Waals surface area (Å²) in [5.41, 5.74) is 1.31. The lowest BCUT2D eigenvalue weighted by Crippen LogP contribution is -2.31. The van der Waals surface area contributed by atoms with Crippen molar-refractivity contribution in [3.8, 4) is 5.75 Å². The van der Waals surface area contributed by atoms with Gasteiger partial charge in [-0.2, -0.15) is 0 Å². The third-order valence-electron chi connectivity index (χ3n) is 4.41. The van der Waals surface area contributed by atoms with Crippen molar-refractivity contribution in [1.29, 1.82) is 0 Å². The van der Waals surface area contributed by atoms with Gasteiger partial charge in [0.25, 0.3) is 5.91 Å². The summed E-state index contributed by atoms with van der Waals surface area (Å²) >= 11 is 0. The van der Waals surface area contributed by atoms with Crippen LogP contribution in [0.4, 0.5) is 10.1 Å². The molecule has 6 nitrogen and oxygen atoms in total. The number of sulfonamides is 1. The van der Waals surface area contributed by atoms with Gasteiger partial charge in [-0.15, -0.1) is 0 Å². The van der Waals surface area contributed by atoms with Crippen LogP contribution in [0.15, 0.2) is 42.5 Å². The maximum atomic E-state index is 13.2. The van der Waals surface area contributed by atoms with Crippen molar-refractivity contribution in [3.05, 3.63) is 59.4 Å². The summed E-state index contributed by atoms with van der Waals surface area (Å²) in [6.45, 7) is 4.88. The predicted molar refractivity (Wildman–Crippen MR) is 108 cm³/mol. The molecule has 2 aromatic carbocycles. The Morgan fingerprint density at radius 3 is 2.18 bits per heavy atom. The maximum absolute atomic E-state index is 13.2. The number of methoxy groups -OCH3 is 1. The molecule has 0 aliphatic heterocycles. The second kappa shape index (κ2) is 9.05. The number of amides is 1. The molecule has 152 valence electrons.